The van der Waals surface area contributed by atoms with Gasteiger partial charge in [-0.2, -0.15) is 0 Å². The Labute approximate surface area is 110 Å². The maximum absolute atomic E-state index is 3.58. The molecule has 3 rings (SSSR count). The highest BCUT2D eigenvalue weighted by Gasteiger charge is 2.18. The van der Waals surface area contributed by atoms with Crippen molar-refractivity contribution in [1.29, 1.82) is 0 Å². The zero-order chi connectivity index (χ0) is 11.8. The lowest BCUT2D eigenvalue weighted by Gasteiger charge is -2.10. The lowest BCUT2D eigenvalue weighted by molar-refractivity contribution is 0.603. The lowest BCUT2D eigenvalue weighted by Crippen LogP contribution is -2.23. The molecular formula is C14H17BrN2. The molecule has 1 saturated heterocycles. The van der Waals surface area contributed by atoms with Gasteiger partial charge in [0.15, 0.2) is 0 Å². The van der Waals surface area contributed by atoms with Crippen molar-refractivity contribution in [3.63, 3.8) is 0 Å². The van der Waals surface area contributed by atoms with Gasteiger partial charge in [-0.05, 0) is 56.5 Å². The van der Waals surface area contributed by atoms with Crippen LogP contribution in [0, 0.1) is 6.92 Å². The highest BCUT2D eigenvalue weighted by molar-refractivity contribution is 9.10. The Hall–Kier alpha value is -0.800. The third-order valence-electron chi connectivity index (χ3n) is 3.69. The van der Waals surface area contributed by atoms with E-state index in [0.29, 0.717) is 6.04 Å². The lowest BCUT2D eigenvalue weighted by atomic mass is 10.0. The molecule has 0 amide bonds. The Balaban J connectivity index is 2.01. The normalized spacial score (nSPS) is 20.2. The molecule has 1 aromatic carbocycles. The fourth-order valence-electron chi connectivity index (χ4n) is 2.79. The Kier molecular flexibility index (Phi) is 2.97. The highest BCUT2D eigenvalue weighted by atomic mass is 79.9. The third kappa shape index (κ3) is 2.14. The van der Waals surface area contributed by atoms with Crippen molar-refractivity contribution in [1.82, 2.24) is 10.3 Å². The van der Waals surface area contributed by atoms with Crippen molar-refractivity contribution in [2.45, 2.75) is 32.2 Å². The number of nitrogens with one attached hydrogen (secondary N) is 2. The molecule has 90 valence electrons. The van der Waals surface area contributed by atoms with Crippen LogP contribution in [0.25, 0.3) is 10.9 Å². The average molecular weight is 293 g/mol. The molecular weight excluding hydrogens is 276 g/mol. The topological polar surface area (TPSA) is 27.8 Å². The molecule has 0 spiro atoms. The first-order valence-electron chi connectivity index (χ1n) is 6.24. The van der Waals surface area contributed by atoms with Gasteiger partial charge in [0, 0.05) is 27.1 Å². The largest absolute Gasteiger partial charge is 0.358 e. The van der Waals surface area contributed by atoms with Gasteiger partial charge < -0.3 is 10.3 Å². The molecule has 3 heteroatoms. The molecule has 1 atom stereocenters. The molecule has 0 radical (unpaired) electrons. The highest BCUT2D eigenvalue weighted by Crippen LogP contribution is 2.27. The van der Waals surface area contributed by atoms with E-state index in [1.54, 1.807) is 0 Å². The molecule has 17 heavy (non-hydrogen) atoms. The fourth-order valence-corrected chi connectivity index (χ4v) is 3.16. The number of benzene rings is 1. The minimum absolute atomic E-state index is 0.659. The van der Waals surface area contributed by atoms with Crippen molar-refractivity contribution in [3.8, 4) is 0 Å². The van der Waals surface area contributed by atoms with Crippen LogP contribution in [-0.4, -0.2) is 17.6 Å². The third-order valence-corrected chi connectivity index (χ3v) is 4.19. The van der Waals surface area contributed by atoms with E-state index in [1.165, 1.54) is 41.5 Å². The zero-order valence-electron chi connectivity index (χ0n) is 10.0. The average Bonchev–Trinajstić information content (AvgIpc) is 2.90. The summed E-state index contributed by atoms with van der Waals surface area (Å²) in [5.74, 6) is 0. The van der Waals surface area contributed by atoms with Crippen LogP contribution in [0.5, 0.6) is 0 Å². The first-order chi connectivity index (χ1) is 8.24. The Morgan fingerprint density at radius 3 is 3.06 bits per heavy atom. The molecule has 1 aromatic heterocycles. The smallest absolute Gasteiger partial charge is 0.0459 e. The Morgan fingerprint density at radius 2 is 2.29 bits per heavy atom. The van der Waals surface area contributed by atoms with Gasteiger partial charge in [-0.15, -0.1) is 0 Å². The van der Waals surface area contributed by atoms with E-state index >= 15 is 0 Å². The summed E-state index contributed by atoms with van der Waals surface area (Å²) in [6.45, 7) is 3.36. The van der Waals surface area contributed by atoms with E-state index in [4.69, 9.17) is 0 Å². The molecule has 2 nitrogen and oxygen atoms in total. The van der Waals surface area contributed by atoms with Gasteiger partial charge in [-0.1, -0.05) is 15.9 Å². The molecule has 2 heterocycles. The van der Waals surface area contributed by atoms with E-state index in [-0.39, 0.29) is 0 Å². The van der Waals surface area contributed by atoms with E-state index in [2.05, 4.69) is 51.4 Å². The summed E-state index contributed by atoms with van der Waals surface area (Å²) in [5, 5.41) is 4.94. The number of hydrogen-bond donors (Lipinski definition) is 2. The van der Waals surface area contributed by atoms with Crippen molar-refractivity contribution >= 4 is 26.8 Å². The van der Waals surface area contributed by atoms with Crippen molar-refractivity contribution in [2.75, 3.05) is 6.54 Å². The monoisotopic (exact) mass is 292 g/mol. The van der Waals surface area contributed by atoms with Gasteiger partial charge in [0.05, 0.1) is 0 Å². The summed E-state index contributed by atoms with van der Waals surface area (Å²) >= 11 is 3.56. The summed E-state index contributed by atoms with van der Waals surface area (Å²) in [5.41, 5.74) is 4.03. The van der Waals surface area contributed by atoms with Gasteiger partial charge in [0.2, 0.25) is 0 Å². The van der Waals surface area contributed by atoms with Gasteiger partial charge in [0.1, 0.15) is 0 Å². The maximum atomic E-state index is 3.58. The molecule has 0 saturated carbocycles. The predicted octanol–water partition coefficient (Wildman–Crippen LogP) is 3.53. The van der Waals surface area contributed by atoms with Crippen molar-refractivity contribution in [2.24, 2.45) is 0 Å². The summed E-state index contributed by atoms with van der Waals surface area (Å²) < 4.78 is 1.16. The minimum Gasteiger partial charge on any atom is -0.358 e. The SMILES string of the molecule is Cc1[nH]c2ccc(Br)cc2c1C[C@H]1CCCN1. The molecule has 1 aliphatic heterocycles. The van der Waals surface area contributed by atoms with E-state index < -0.39 is 0 Å². The van der Waals surface area contributed by atoms with Crippen LogP contribution in [0.1, 0.15) is 24.1 Å². The number of aromatic nitrogens is 1. The first kappa shape index (κ1) is 11.3. The number of fused-ring (bicyclic) bond motifs is 1. The summed E-state index contributed by atoms with van der Waals surface area (Å²) in [7, 11) is 0. The second-order valence-electron chi connectivity index (χ2n) is 4.92. The van der Waals surface area contributed by atoms with Gasteiger partial charge in [0.25, 0.3) is 0 Å². The van der Waals surface area contributed by atoms with Crippen LogP contribution in [-0.2, 0) is 6.42 Å². The number of halogens is 1. The molecule has 1 fully saturated rings. The fraction of sp³-hybridized carbons (Fsp3) is 0.429. The molecule has 1 aliphatic rings. The molecule has 0 aliphatic carbocycles. The summed E-state index contributed by atoms with van der Waals surface area (Å²) in [6.07, 6.45) is 3.76. The summed E-state index contributed by atoms with van der Waals surface area (Å²) in [4.78, 5) is 3.48. The standard InChI is InChI=1S/C14H17BrN2/c1-9-12(8-11-3-2-6-16-11)13-7-10(15)4-5-14(13)17-9/h4-5,7,11,16-17H,2-3,6,8H2,1H3/t11-/m1/s1. The number of H-pyrrole nitrogens is 1. The number of hydrogen-bond acceptors (Lipinski definition) is 1. The molecule has 0 unspecified atom stereocenters. The predicted molar refractivity (Wildman–Crippen MR) is 75.5 cm³/mol. The molecule has 2 N–H and O–H groups in total. The van der Waals surface area contributed by atoms with Crippen molar-refractivity contribution < 1.29 is 0 Å². The van der Waals surface area contributed by atoms with Gasteiger partial charge in [-0.25, -0.2) is 0 Å². The maximum Gasteiger partial charge on any atom is 0.0459 e. The minimum atomic E-state index is 0.659. The van der Waals surface area contributed by atoms with E-state index in [9.17, 15) is 0 Å². The van der Waals surface area contributed by atoms with Crippen LogP contribution < -0.4 is 5.32 Å². The number of rotatable bonds is 2. The Morgan fingerprint density at radius 1 is 1.41 bits per heavy atom. The van der Waals surface area contributed by atoms with Crippen LogP contribution in [0.2, 0.25) is 0 Å². The van der Waals surface area contributed by atoms with Gasteiger partial charge in [-0.3, -0.25) is 0 Å². The molecule has 2 aromatic rings. The van der Waals surface area contributed by atoms with Gasteiger partial charge >= 0.3 is 0 Å². The quantitative estimate of drug-likeness (QED) is 0.871. The van der Waals surface area contributed by atoms with E-state index in [1.807, 2.05) is 0 Å². The molecule has 0 bridgehead atoms. The number of aryl methyl sites for hydroxylation is 1. The zero-order valence-corrected chi connectivity index (χ0v) is 11.6. The van der Waals surface area contributed by atoms with E-state index in [0.717, 1.165) is 10.9 Å². The second kappa shape index (κ2) is 4.46. The second-order valence-corrected chi connectivity index (χ2v) is 5.83. The summed E-state index contributed by atoms with van der Waals surface area (Å²) in [6, 6.07) is 7.13. The first-order valence-corrected chi connectivity index (χ1v) is 7.03. The van der Waals surface area contributed by atoms with Crippen molar-refractivity contribution in [3.05, 3.63) is 33.9 Å². The number of aromatic amines is 1. The van der Waals surface area contributed by atoms with Crippen LogP contribution >= 0.6 is 15.9 Å². The van der Waals surface area contributed by atoms with Crippen LogP contribution in [0.15, 0.2) is 22.7 Å². The van der Waals surface area contributed by atoms with Crippen LogP contribution in [0.3, 0.4) is 0 Å². The van der Waals surface area contributed by atoms with Crippen LogP contribution in [0.4, 0.5) is 0 Å². The Bertz CT molecular complexity index is 538.